The summed E-state index contributed by atoms with van der Waals surface area (Å²) in [6.45, 7) is 2.97. The fraction of sp³-hybridized carbons (Fsp3) is 0.375. The van der Waals surface area contributed by atoms with Crippen LogP contribution < -0.4 is 19.1 Å². The van der Waals surface area contributed by atoms with Crippen LogP contribution in [0.3, 0.4) is 0 Å². The summed E-state index contributed by atoms with van der Waals surface area (Å²) < 4.78 is 16.5. The number of nitrogens with zero attached hydrogens (tertiary/aromatic N) is 2. The van der Waals surface area contributed by atoms with Gasteiger partial charge in [-0.15, -0.1) is 0 Å². The van der Waals surface area contributed by atoms with E-state index in [0.29, 0.717) is 41.6 Å². The fourth-order valence-electron chi connectivity index (χ4n) is 3.87. The minimum atomic E-state index is -0.310. The average Bonchev–Trinajstić information content (AvgIpc) is 3.34. The van der Waals surface area contributed by atoms with Gasteiger partial charge < -0.3 is 19.1 Å². The third-order valence-electron chi connectivity index (χ3n) is 5.65. The summed E-state index contributed by atoms with van der Waals surface area (Å²) in [4.78, 5) is 41.1. The molecular formula is C24H26N2O6. The maximum Gasteiger partial charge on any atom is 0.265 e. The van der Waals surface area contributed by atoms with Gasteiger partial charge in [0.25, 0.3) is 5.91 Å². The van der Waals surface area contributed by atoms with Crippen LogP contribution in [0.1, 0.15) is 28.8 Å². The zero-order valence-corrected chi connectivity index (χ0v) is 18.3. The normalized spacial score (nSPS) is 15.2. The predicted octanol–water partition coefficient (Wildman–Crippen LogP) is 2.61. The van der Waals surface area contributed by atoms with Gasteiger partial charge in [-0.05, 0) is 55.7 Å². The van der Waals surface area contributed by atoms with Gasteiger partial charge in [-0.1, -0.05) is 6.07 Å². The number of hydrogen-bond donors (Lipinski definition) is 0. The summed E-state index contributed by atoms with van der Waals surface area (Å²) in [6, 6.07) is 10.3. The van der Waals surface area contributed by atoms with Gasteiger partial charge in [0.1, 0.15) is 12.3 Å². The zero-order valence-electron chi connectivity index (χ0n) is 18.3. The number of ketones is 1. The minimum Gasteiger partial charge on any atom is -0.493 e. The molecule has 168 valence electrons. The number of hydrogen-bond acceptors (Lipinski definition) is 6. The second-order valence-corrected chi connectivity index (χ2v) is 7.91. The maximum absolute atomic E-state index is 12.8. The molecule has 0 atom stereocenters. The Kier molecular flexibility index (Phi) is 6.30. The van der Waals surface area contributed by atoms with Crippen molar-refractivity contribution in [3.8, 4) is 17.2 Å². The lowest BCUT2D eigenvalue weighted by atomic mass is 10.1. The highest BCUT2D eigenvalue weighted by Gasteiger charge is 2.30. The van der Waals surface area contributed by atoms with Crippen molar-refractivity contribution in [3.63, 3.8) is 0 Å². The Balaban J connectivity index is 1.50. The number of aryl methyl sites for hydroxylation is 1. The second-order valence-electron chi connectivity index (χ2n) is 7.91. The standard InChI is InChI=1S/C24H26N2O6/c1-16-5-7-21(22(11-16)30-2)31-14-19(27)17-6-8-20-18(12-17)26(24(29)15-32-20)13-23(28)25-9-3-4-10-25/h5-8,11-12H,3-4,9-10,13-15H2,1-2H3. The molecule has 0 saturated carbocycles. The molecule has 8 heteroatoms. The van der Waals surface area contributed by atoms with Gasteiger partial charge >= 0.3 is 0 Å². The van der Waals surface area contributed by atoms with Crippen molar-refractivity contribution in [3.05, 3.63) is 47.5 Å². The number of rotatable bonds is 7. The number of carbonyl (C=O) groups is 3. The van der Waals surface area contributed by atoms with Gasteiger partial charge in [0, 0.05) is 18.7 Å². The summed E-state index contributed by atoms with van der Waals surface area (Å²) in [7, 11) is 1.54. The van der Waals surface area contributed by atoms with Crippen LogP contribution >= 0.6 is 0 Å². The molecule has 2 heterocycles. The number of anilines is 1. The number of methoxy groups -OCH3 is 1. The van der Waals surface area contributed by atoms with Gasteiger partial charge in [0.05, 0.1) is 12.8 Å². The largest absolute Gasteiger partial charge is 0.493 e. The first-order valence-corrected chi connectivity index (χ1v) is 10.6. The van der Waals surface area contributed by atoms with Crippen LogP contribution in [-0.2, 0) is 9.59 Å². The van der Waals surface area contributed by atoms with Gasteiger partial charge in [-0.3, -0.25) is 19.3 Å². The first-order valence-electron chi connectivity index (χ1n) is 10.6. The summed E-state index contributed by atoms with van der Waals surface area (Å²) in [5.41, 5.74) is 1.81. The van der Waals surface area contributed by atoms with E-state index in [2.05, 4.69) is 0 Å². The Labute approximate surface area is 186 Å². The van der Waals surface area contributed by atoms with E-state index < -0.39 is 0 Å². The van der Waals surface area contributed by atoms with Crippen molar-refractivity contribution in [1.82, 2.24) is 4.90 Å². The number of fused-ring (bicyclic) bond motifs is 1. The van der Waals surface area contributed by atoms with E-state index in [1.54, 1.807) is 36.3 Å². The summed E-state index contributed by atoms with van der Waals surface area (Å²) in [5, 5.41) is 0. The van der Waals surface area contributed by atoms with Gasteiger partial charge in [-0.2, -0.15) is 0 Å². The maximum atomic E-state index is 12.8. The molecule has 0 radical (unpaired) electrons. The molecule has 0 bridgehead atoms. The van der Waals surface area contributed by atoms with E-state index in [1.807, 2.05) is 19.1 Å². The van der Waals surface area contributed by atoms with Crippen LogP contribution in [0.25, 0.3) is 0 Å². The quantitative estimate of drug-likeness (QED) is 0.618. The number of Topliss-reactive ketones (excluding diaryl/α,β-unsaturated/α-hetero) is 1. The zero-order chi connectivity index (χ0) is 22.7. The third-order valence-corrected chi connectivity index (χ3v) is 5.65. The lowest BCUT2D eigenvalue weighted by Crippen LogP contribution is -2.46. The molecule has 0 aliphatic carbocycles. The molecule has 2 aromatic carbocycles. The molecule has 2 aliphatic heterocycles. The van der Waals surface area contributed by atoms with Gasteiger partial charge in [0.2, 0.25) is 5.91 Å². The number of carbonyl (C=O) groups excluding carboxylic acids is 3. The molecule has 32 heavy (non-hydrogen) atoms. The van der Waals surface area contributed by atoms with Crippen molar-refractivity contribution >= 4 is 23.3 Å². The molecule has 1 saturated heterocycles. The number of ether oxygens (including phenoxy) is 3. The predicted molar refractivity (Wildman–Crippen MR) is 118 cm³/mol. The number of benzene rings is 2. The molecular weight excluding hydrogens is 412 g/mol. The molecule has 2 aromatic rings. The van der Waals surface area contributed by atoms with E-state index in [0.717, 1.165) is 18.4 Å². The van der Waals surface area contributed by atoms with Crippen molar-refractivity contribution in [2.24, 2.45) is 0 Å². The van der Waals surface area contributed by atoms with Gasteiger partial charge in [-0.25, -0.2) is 0 Å². The molecule has 8 nitrogen and oxygen atoms in total. The summed E-state index contributed by atoms with van der Waals surface area (Å²) in [5.74, 6) is 0.816. The van der Waals surface area contributed by atoms with Crippen molar-refractivity contribution in [2.45, 2.75) is 19.8 Å². The van der Waals surface area contributed by atoms with E-state index in [4.69, 9.17) is 14.2 Å². The highest BCUT2D eigenvalue weighted by molar-refractivity contribution is 6.04. The fourth-order valence-corrected chi connectivity index (χ4v) is 3.87. The summed E-state index contributed by atoms with van der Waals surface area (Å²) >= 11 is 0. The molecule has 2 amide bonds. The molecule has 0 unspecified atom stereocenters. The Hall–Kier alpha value is -3.55. The number of likely N-dealkylation sites (tertiary alicyclic amines) is 1. The first-order chi connectivity index (χ1) is 15.5. The highest BCUT2D eigenvalue weighted by Crippen LogP contribution is 2.34. The lowest BCUT2D eigenvalue weighted by Gasteiger charge is -2.30. The monoisotopic (exact) mass is 438 g/mol. The van der Waals surface area contributed by atoms with Crippen molar-refractivity contribution in [1.29, 1.82) is 0 Å². The molecule has 0 aromatic heterocycles. The van der Waals surface area contributed by atoms with E-state index in [-0.39, 0.29) is 37.4 Å². The van der Waals surface area contributed by atoms with Gasteiger partial charge in [0.15, 0.2) is 30.5 Å². The van der Waals surface area contributed by atoms with Crippen molar-refractivity contribution < 1.29 is 28.6 Å². The molecule has 2 aliphatic rings. The van der Waals surface area contributed by atoms with Crippen LogP contribution in [0.15, 0.2) is 36.4 Å². The Bertz CT molecular complexity index is 1040. The smallest absolute Gasteiger partial charge is 0.265 e. The molecule has 0 spiro atoms. The highest BCUT2D eigenvalue weighted by atomic mass is 16.5. The SMILES string of the molecule is COc1cc(C)ccc1OCC(=O)c1ccc2c(c1)N(CC(=O)N1CCCC1)C(=O)CO2. The molecule has 4 rings (SSSR count). The van der Waals surface area contributed by atoms with Crippen LogP contribution in [0.5, 0.6) is 17.2 Å². The Morgan fingerprint density at radius 2 is 1.84 bits per heavy atom. The average molecular weight is 438 g/mol. The number of amides is 2. The van der Waals surface area contributed by atoms with Crippen LogP contribution in [0, 0.1) is 6.92 Å². The second kappa shape index (κ2) is 9.30. The first kappa shape index (κ1) is 21.7. The van der Waals surface area contributed by atoms with Crippen LogP contribution in [0.2, 0.25) is 0 Å². The van der Waals surface area contributed by atoms with Crippen LogP contribution in [-0.4, -0.2) is 62.5 Å². The van der Waals surface area contributed by atoms with E-state index in [1.165, 1.54) is 4.90 Å². The Morgan fingerprint density at radius 3 is 2.59 bits per heavy atom. The van der Waals surface area contributed by atoms with E-state index in [9.17, 15) is 14.4 Å². The van der Waals surface area contributed by atoms with E-state index >= 15 is 0 Å². The lowest BCUT2D eigenvalue weighted by molar-refractivity contribution is -0.131. The van der Waals surface area contributed by atoms with Crippen molar-refractivity contribution in [2.75, 3.05) is 44.9 Å². The molecule has 1 fully saturated rings. The Morgan fingerprint density at radius 1 is 1.06 bits per heavy atom. The molecule has 0 N–H and O–H groups in total. The third kappa shape index (κ3) is 4.54. The van der Waals surface area contributed by atoms with Crippen LogP contribution in [0.4, 0.5) is 5.69 Å². The minimum absolute atomic E-state index is 0.0656. The topological polar surface area (TPSA) is 85.4 Å². The summed E-state index contributed by atoms with van der Waals surface area (Å²) in [6.07, 6.45) is 1.95.